The second kappa shape index (κ2) is 9.52. The molecule has 37 heavy (non-hydrogen) atoms. The number of hydrogen-bond acceptors (Lipinski definition) is 5. The highest BCUT2D eigenvalue weighted by Gasteiger charge is 2.49. The Morgan fingerprint density at radius 2 is 1.86 bits per heavy atom. The first-order valence-electron chi connectivity index (χ1n) is 11.3. The summed E-state index contributed by atoms with van der Waals surface area (Å²) in [6.45, 7) is 12.7. The van der Waals surface area contributed by atoms with Crippen LogP contribution < -0.4 is 15.3 Å². The maximum absolute atomic E-state index is 13.5. The van der Waals surface area contributed by atoms with E-state index in [9.17, 15) is 22.8 Å². The highest BCUT2D eigenvalue weighted by Crippen LogP contribution is 2.41. The third-order valence-corrected chi connectivity index (χ3v) is 6.61. The molecule has 0 radical (unpaired) electrons. The minimum atomic E-state index is -4.75. The Labute approximate surface area is 215 Å². The number of carbonyl (C=O) groups is 1. The predicted molar refractivity (Wildman–Crippen MR) is 136 cm³/mol. The van der Waals surface area contributed by atoms with E-state index in [1.54, 1.807) is 43.9 Å². The highest BCUT2D eigenvalue weighted by molar-refractivity contribution is 7.80. The third-order valence-electron chi connectivity index (χ3n) is 6.20. The van der Waals surface area contributed by atoms with E-state index in [0.29, 0.717) is 24.3 Å². The van der Waals surface area contributed by atoms with E-state index < -0.39 is 34.5 Å². The molecule has 0 unspecified atom stereocenters. The molecule has 1 aliphatic rings. The number of anilines is 1. The number of ether oxygens (including phenoxy) is 1. The van der Waals surface area contributed by atoms with Gasteiger partial charge in [0, 0.05) is 23.7 Å². The lowest BCUT2D eigenvalue weighted by atomic mass is 10.0. The quantitative estimate of drug-likeness (QED) is 0.173. The van der Waals surface area contributed by atoms with E-state index in [1.807, 2.05) is 0 Å². The lowest BCUT2D eigenvalue weighted by Crippen LogP contribution is -2.44. The first kappa shape index (κ1) is 26.2. The average molecular weight is 530 g/mol. The molecule has 192 valence electrons. The monoisotopic (exact) mass is 529 g/mol. The molecule has 0 N–H and O–H groups in total. The molecule has 3 aromatic rings. The number of nitrogens with zero attached hydrogens (tertiary/aromatic N) is 3. The molecular formula is C26H22F3N3O4S. The van der Waals surface area contributed by atoms with Gasteiger partial charge in [0.2, 0.25) is 0 Å². The van der Waals surface area contributed by atoms with E-state index in [-0.39, 0.29) is 17.4 Å². The summed E-state index contributed by atoms with van der Waals surface area (Å²) in [6.07, 6.45) is -4.28. The van der Waals surface area contributed by atoms with E-state index in [0.717, 1.165) is 28.0 Å². The van der Waals surface area contributed by atoms with Gasteiger partial charge in [0.25, 0.3) is 5.91 Å². The molecule has 7 nitrogen and oxygen atoms in total. The molecule has 11 heteroatoms. The van der Waals surface area contributed by atoms with E-state index in [1.165, 1.54) is 12.1 Å². The summed E-state index contributed by atoms with van der Waals surface area (Å²) < 4.78 is 51.4. The van der Waals surface area contributed by atoms with Crippen LogP contribution in [0.2, 0.25) is 0 Å². The van der Waals surface area contributed by atoms with Crippen LogP contribution in [0.15, 0.2) is 51.7 Å². The smallest absolute Gasteiger partial charge is 0.407 e. The van der Waals surface area contributed by atoms with Crippen LogP contribution in [0.1, 0.15) is 31.4 Å². The van der Waals surface area contributed by atoms with Crippen molar-refractivity contribution >= 4 is 45.6 Å². The van der Waals surface area contributed by atoms with Crippen LogP contribution in [0.5, 0.6) is 5.75 Å². The normalized spacial score (nSPS) is 15.4. The first-order valence-corrected chi connectivity index (χ1v) is 11.7. The fourth-order valence-electron chi connectivity index (χ4n) is 4.23. The topological polar surface area (TPSA) is 67.3 Å². The summed E-state index contributed by atoms with van der Waals surface area (Å²) in [7, 11) is 0. The minimum Gasteiger partial charge on any atom is -0.494 e. The van der Waals surface area contributed by atoms with Crippen molar-refractivity contribution in [2.24, 2.45) is 0 Å². The van der Waals surface area contributed by atoms with Gasteiger partial charge in [0.1, 0.15) is 16.9 Å². The molecular weight excluding hydrogens is 507 g/mol. The summed E-state index contributed by atoms with van der Waals surface area (Å²) in [5, 5.41) is 0.831. The van der Waals surface area contributed by atoms with Crippen LogP contribution >= 0.6 is 12.2 Å². The van der Waals surface area contributed by atoms with Gasteiger partial charge in [-0.3, -0.25) is 9.69 Å². The van der Waals surface area contributed by atoms with Gasteiger partial charge in [-0.1, -0.05) is 6.07 Å². The zero-order valence-electron chi connectivity index (χ0n) is 20.2. The van der Waals surface area contributed by atoms with Gasteiger partial charge in [0.15, 0.2) is 10.8 Å². The fraction of sp³-hybridized carbons (Fsp3) is 0.308. The molecule has 4 rings (SSSR count). The Balaban J connectivity index is 1.48. The number of fused-ring (bicyclic) bond motifs is 1. The molecule has 1 fully saturated rings. The van der Waals surface area contributed by atoms with Crippen LogP contribution in [0.25, 0.3) is 15.8 Å². The van der Waals surface area contributed by atoms with Gasteiger partial charge in [-0.05, 0) is 75.3 Å². The largest absolute Gasteiger partial charge is 0.494 e. The van der Waals surface area contributed by atoms with Crippen molar-refractivity contribution in [1.29, 1.82) is 0 Å². The average Bonchev–Trinajstić information content (AvgIpc) is 2.99. The second-order valence-corrected chi connectivity index (χ2v) is 9.42. The summed E-state index contributed by atoms with van der Waals surface area (Å²) in [5.74, 6) is 0.110. The first-order chi connectivity index (χ1) is 17.3. The number of benzene rings is 2. The van der Waals surface area contributed by atoms with Gasteiger partial charge in [0.05, 0.1) is 18.7 Å². The van der Waals surface area contributed by atoms with E-state index >= 15 is 0 Å². The number of carbonyl (C=O) groups excluding carboxylic acids is 1. The van der Waals surface area contributed by atoms with Crippen molar-refractivity contribution in [3.8, 4) is 5.75 Å². The molecule has 1 aliphatic heterocycles. The Bertz CT molecular complexity index is 1510. The van der Waals surface area contributed by atoms with Crippen LogP contribution in [-0.4, -0.2) is 34.6 Å². The number of amides is 1. The highest BCUT2D eigenvalue weighted by atomic mass is 32.1. The van der Waals surface area contributed by atoms with Crippen LogP contribution in [-0.2, 0) is 11.0 Å². The molecule has 0 aliphatic carbocycles. The van der Waals surface area contributed by atoms with Crippen LogP contribution in [0, 0.1) is 13.5 Å². The SMILES string of the molecule is [C-]#[N+]c1ccc(N2C(=O)C(C)(C)N(CCCOc3ccc4oc(=O)cc(C)c4c3)C2=S)cc1C(F)(F)F. The van der Waals surface area contributed by atoms with Gasteiger partial charge in [-0.2, -0.15) is 13.2 Å². The van der Waals surface area contributed by atoms with Gasteiger partial charge in [-0.15, -0.1) is 0 Å². The maximum atomic E-state index is 13.5. The summed E-state index contributed by atoms with van der Waals surface area (Å²) in [6, 6.07) is 9.63. The lowest BCUT2D eigenvalue weighted by Gasteiger charge is -2.29. The van der Waals surface area contributed by atoms with Crippen molar-refractivity contribution in [2.75, 3.05) is 18.1 Å². The van der Waals surface area contributed by atoms with E-state index in [2.05, 4.69) is 4.85 Å². The number of halogens is 3. The van der Waals surface area contributed by atoms with Crippen molar-refractivity contribution in [1.82, 2.24) is 4.90 Å². The number of aryl methyl sites for hydroxylation is 1. The number of thiocarbonyl (C=S) groups is 1. The van der Waals surface area contributed by atoms with Crippen LogP contribution in [0.4, 0.5) is 24.5 Å². The van der Waals surface area contributed by atoms with E-state index in [4.69, 9.17) is 27.9 Å². The molecule has 0 saturated carbocycles. The fourth-order valence-corrected chi connectivity index (χ4v) is 4.74. The standard InChI is InChI=1S/C26H22F3N3O4S/c1-15-12-22(33)36-21-9-7-17(14-18(15)21)35-11-5-10-31-24(37)32(23(34)25(31,2)3)16-6-8-20(30-4)19(13-16)26(27,28)29/h6-9,12-14H,5,10-11H2,1-3H3. The zero-order valence-corrected chi connectivity index (χ0v) is 21.0. The van der Waals surface area contributed by atoms with Crippen molar-refractivity contribution in [3.05, 3.63) is 75.4 Å². The van der Waals surface area contributed by atoms with Crippen molar-refractivity contribution < 1.29 is 27.1 Å². The second-order valence-electron chi connectivity index (χ2n) is 9.05. The molecule has 0 atom stereocenters. The molecule has 2 heterocycles. The number of rotatable bonds is 6. The van der Waals surface area contributed by atoms with Gasteiger partial charge in [-0.25, -0.2) is 9.64 Å². The number of hydrogen-bond donors (Lipinski definition) is 0. The van der Waals surface area contributed by atoms with Gasteiger partial charge < -0.3 is 14.1 Å². The van der Waals surface area contributed by atoms with Crippen molar-refractivity contribution in [2.45, 2.75) is 38.9 Å². The third kappa shape index (κ3) is 4.89. The van der Waals surface area contributed by atoms with Crippen LogP contribution in [0.3, 0.4) is 0 Å². The molecule has 1 saturated heterocycles. The summed E-state index contributed by atoms with van der Waals surface area (Å²) >= 11 is 5.50. The molecule has 1 aromatic heterocycles. The molecule has 0 spiro atoms. The lowest BCUT2D eigenvalue weighted by molar-refractivity contribution is -0.136. The molecule has 0 bridgehead atoms. The number of alkyl halides is 3. The van der Waals surface area contributed by atoms with Gasteiger partial charge >= 0.3 is 11.8 Å². The molecule has 1 amide bonds. The maximum Gasteiger partial charge on any atom is 0.407 e. The Morgan fingerprint density at radius 3 is 2.54 bits per heavy atom. The minimum absolute atomic E-state index is 0.0419. The molecule has 2 aromatic carbocycles. The predicted octanol–water partition coefficient (Wildman–Crippen LogP) is 5.85. The summed E-state index contributed by atoms with van der Waals surface area (Å²) in [4.78, 5) is 30.4. The Hall–Kier alpha value is -3.91. The summed E-state index contributed by atoms with van der Waals surface area (Å²) in [5.41, 5.74) is -2.01. The Kier molecular flexibility index (Phi) is 6.73. The zero-order chi connectivity index (χ0) is 27.1. The van der Waals surface area contributed by atoms with Crippen molar-refractivity contribution in [3.63, 3.8) is 0 Å². The Morgan fingerprint density at radius 1 is 1.14 bits per heavy atom.